The predicted octanol–water partition coefficient (Wildman–Crippen LogP) is 1.04. The Hall–Kier alpha value is -1.87. The van der Waals surface area contributed by atoms with E-state index in [1.807, 2.05) is 6.07 Å². The Balaban J connectivity index is 3.15. The molecule has 17 heavy (non-hydrogen) atoms. The molecule has 6 heteroatoms. The van der Waals surface area contributed by atoms with Crippen LogP contribution in [0.1, 0.15) is 28.5 Å². The van der Waals surface area contributed by atoms with Gasteiger partial charge in [-0.3, -0.25) is 9.59 Å². The van der Waals surface area contributed by atoms with Crippen LogP contribution in [-0.2, 0) is 4.79 Å². The van der Waals surface area contributed by atoms with Gasteiger partial charge in [-0.25, -0.2) is 4.98 Å². The molecular weight excluding hydrogens is 238 g/mol. The number of aromatic nitrogens is 1. The molecule has 0 fully saturated rings. The van der Waals surface area contributed by atoms with Gasteiger partial charge in [0.05, 0.1) is 11.3 Å². The molecule has 0 radical (unpaired) electrons. The number of carbonyl (C=O) groups is 2. The first-order chi connectivity index (χ1) is 7.95. The normalized spacial score (nSPS) is 9.71. The topological polar surface area (TPSA) is 96.8 Å². The maximum Gasteiger partial charge on any atom is 0.227 e. The number of primary amides is 1. The Morgan fingerprint density at radius 3 is 2.71 bits per heavy atom. The first-order valence-electron chi connectivity index (χ1n) is 4.79. The maximum absolute atomic E-state index is 11.3. The number of carbonyl (C=O) groups excluding carboxylic acids is 2. The van der Waals surface area contributed by atoms with Crippen LogP contribution in [0.5, 0.6) is 0 Å². The van der Waals surface area contributed by atoms with Gasteiger partial charge in [0, 0.05) is 11.3 Å². The third-order valence-corrected chi connectivity index (χ3v) is 3.04. The first-order valence-corrected chi connectivity index (χ1v) is 5.78. The van der Waals surface area contributed by atoms with E-state index in [4.69, 9.17) is 11.0 Å². The molecule has 0 aliphatic heterocycles. The van der Waals surface area contributed by atoms with Crippen molar-refractivity contribution in [2.75, 3.05) is 5.75 Å². The highest BCUT2D eigenvalue weighted by Gasteiger charge is 2.13. The smallest absolute Gasteiger partial charge is 0.227 e. The van der Waals surface area contributed by atoms with Gasteiger partial charge in [0.25, 0.3) is 0 Å². The molecule has 0 atom stereocenters. The van der Waals surface area contributed by atoms with Crippen molar-refractivity contribution < 1.29 is 9.59 Å². The monoisotopic (exact) mass is 249 g/mol. The van der Waals surface area contributed by atoms with Gasteiger partial charge >= 0.3 is 0 Å². The second-order valence-corrected chi connectivity index (χ2v) is 4.36. The Morgan fingerprint density at radius 1 is 1.59 bits per heavy atom. The van der Waals surface area contributed by atoms with Crippen LogP contribution < -0.4 is 5.73 Å². The van der Waals surface area contributed by atoms with Crippen LogP contribution in [0.2, 0.25) is 0 Å². The lowest BCUT2D eigenvalue weighted by atomic mass is 10.1. The lowest BCUT2D eigenvalue weighted by molar-refractivity contribution is -0.115. The number of nitrogens with two attached hydrogens (primary N) is 1. The molecule has 0 saturated carbocycles. The molecule has 0 saturated heterocycles. The van der Waals surface area contributed by atoms with E-state index in [0.29, 0.717) is 16.3 Å². The van der Waals surface area contributed by atoms with Crippen molar-refractivity contribution in [2.24, 2.45) is 5.73 Å². The molecule has 0 bridgehead atoms. The Morgan fingerprint density at radius 2 is 2.24 bits per heavy atom. The summed E-state index contributed by atoms with van der Waals surface area (Å²) in [6, 6.07) is 3.45. The van der Waals surface area contributed by atoms with Gasteiger partial charge in [-0.2, -0.15) is 5.26 Å². The Kier molecular flexibility index (Phi) is 4.24. The minimum absolute atomic E-state index is 0.0561. The third kappa shape index (κ3) is 3.29. The lowest BCUT2D eigenvalue weighted by Gasteiger charge is -2.06. The summed E-state index contributed by atoms with van der Waals surface area (Å²) in [5, 5.41) is 9.37. The molecule has 0 aromatic carbocycles. The summed E-state index contributed by atoms with van der Waals surface area (Å²) >= 11 is 1.09. The first kappa shape index (κ1) is 13.2. The number of nitriles is 1. The largest absolute Gasteiger partial charge is 0.369 e. The molecule has 1 heterocycles. The SMILES string of the molecule is CC(=O)c1cc(C#N)c(SCC(N)=O)nc1C. The van der Waals surface area contributed by atoms with Crippen molar-refractivity contribution in [1.29, 1.82) is 5.26 Å². The quantitative estimate of drug-likeness (QED) is 0.635. The molecule has 0 unspecified atom stereocenters. The van der Waals surface area contributed by atoms with Crippen LogP contribution in [0.3, 0.4) is 0 Å². The highest BCUT2D eigenvalue weighted by molar-refractivity contribution is 7.99. The number of Topliss-reactive ketones (excluding diaryl/α,β-unsaturated/α-hetero) is 1. The molecular formula is C11H11N3O2S. The van der Waals surface area contributed by atoms with Crippen molar-refractivity contribution >= 4 is 23.5 Å². The van der Waals surface area contributed by atoms with Crippen LogP contribution in [0.25, 0.3) is 0 Å². The van der Waals surface area contributed by atoms with Crippen molar-refractivity contribution in [1.82, 2.24) is 4.98 Å². The number of hydrogen-bond acceptors (Lipinski definition) is 5. The van der Waals surface area contributed by atoms with E-state index >= 15 is 0 Å². The molecule has 1 aromatic rings. The van der Waals surface area contributed by atoms with Gasteiger partial charge in [0.15, 0.2) is 5.78 Å². The Bertz CT molecular complexity index is 520. The average molecular weight is 249 g/mol. The van der Waals surface area contributed by atoms with E-state index < -0.39 is 5.91 Å². The number of thioether (sulfide) groups is 1. The molecule has 2 N–H and O–H groups in total. The molecule has 0 aliphatic rings. The Labute approximate surface area is 103 Å². The number of aryl methyl sites for hydroxylation is 1. The van der Waals surface area contributed by atoms with E-state index in [0.717, 1.165) is 11.8 Å². The number of hydrogen-bond donors (Lipinski definition) is 1. The molecule has 88 valence electrons. The zero-order chi connectivity index (χ0) is 13.0. The predicted molar refractivity (Wildman–Crippen MR) is 63.6 cm³/mol. The molecule has 1 aromatic heterocycles. The van der Waals surface area contributed by atoms with Crippen LogP contribution in [-0.4, -0.2) is 22.4 Å². The number of nitrogens with zero attached hydrogens (tertiary/aromatic N) is 2. The minimum Gasteiger partial charge on any atom is -0.369 e. The van der Waals surface area contributed by atoms with E-state index in [-0.39, 0.29) is 17.1 Å². The van der Waals surface area contributed by atoms with Crippen molar-refractivity contribution in [2.45, 2.75) is 18.9 Å². The number of amides is 1. The summed E-state index contributed by atoms with van der Waals surface area (Å²) in [6.45, 7) is 3.10. The van der Waals surface area contributed by atoms with Crippen LogP contribution in [0.15, 0.2) is 11.1 Å². The van der Waals surface area contributed by atoms with E-state index in [9.17, 15) is 9.59 Å². The second-order valence-electron chi connectivity index (χ2n) is 3.40. The van der Waals surface area contributed by atoms with Crippen molar-refractivity contribution in [3.8, 4) is 6.07 Å². The molecule has 5 nitrogen and oxygen atoms in total. The van der Waals surface area contributed by atoms with Crippen LogP contribution >= 0.6 is 11.8 Å². The number of pyridine rings is 1. The van der Waals surface area contributed by atoms with Gasteiger partial charge in [0.2, 0.25) is 5.91 Å². The standard InChI is InChI=1S/C11H11N3O2S/c1-6-9(7(2)15)3-8(4-12)11(14-6)17-5-10(13)16/h3H,5H2,1-2H3,(H2,13,16). The minimum atomic E-state index is -0.478. The maximum atomic E-state index is 11.3. The average Bonchev–Trinajstić information content (AvgIpc) is 2.25. The van der Waals surface area contributed by atoms with Gasteiger partial charge in [0.1, 0.15) is 11.1 Å². The highest BCUT2D eigenvalue weighted by atomic mass is 32.2. The van der Waals surface area contributed by atoms with Gasteiger partial charge < -0.3 is 5.73 Å². The van der Waals surface area contributed by atoms with Gasteiger partial charge in [-0.1, -0.05) is 11.8 Å². The third-order valence-electron chi connectivity index (χ3n) is 2.03. The summed E-state index contributed by atoms with van der Waals surface area (Å²) < 4.78 is 0. The van der Waals surface area contributed by atoms with Crippen molar-refractivity contribution in [3.63, 3.8) is 0 Å². The fourth-order valence-corrected chi connectivity index (χ4v) is 2.01. The summed E-state index contributed by atoms with van der Waals surface area (Å²) in [5.74, 6) is -0.562. The number of ketones is 1. The highest BCUT2D eigenvalue weighted by Crippen LogP contribution is 2.22. The van der Waals surface area contributed by atoms with E-state index in [2.05, 4.69) is 4.98 Å². The summed E-state index contributed by atoms with van der Waals surface area (Å²) in [4.78, 5) is 26.1. The van der Waals surface area contributed by atoms with E-state index in [1.165, 1.54) is 13.0 Å². The zero-order valence-corrected chi connectivity index (χ0v) is 10.3. The molecule has 1 rings (SSSR count). The molecule has 0 spiro atoms. The molecule has 1 amide bonds. The fraction of sp³-hybridized carbons (Fsp3) is 0.273. The van der Waals surface area contributed by atoms with Crippen LogP contribution in [0.4, 0.5) is 0 Å². The van der Waals surface area contributed by atoms with E-state index in [1.54, 1.807) is 6.92 Å². The summed E-state index contributed by atoms with van der Waals surface area (Å²) in [6.07, 6.45) is 0. The van der Waals surface area contributed by atoms with Gasteiger partial charge in [-0.05, 0) is 19.9 Å². The summed E-state index contributed by atoms with van der Waals surface area (Å²) in [7, 11) is 0. The number of rotatable bonds is 4. The van der Waals surface area contributed by atoms with Crippen molar-refractivity contribution in [3.05, 3.63) is 22.9 Å². The van der Waals surface area contributed by atoms with Crippen LogP contribution in [0, 0.1) is 18.3 Å². The zero-order valence-electron chi connectivity index (χ0n) is 9.48. The fourth-order valence-electron chi connectivity index (χ4n) is 1.27. The van der Waals surface area contributed by atoms with Gasteiger partial charge in [-0.15, -0.1) is 0 Å². The molecule has 0 aliphatic carbocycles. The summed E-state index contributed by atoms with van der Waals surface area (Å²) in [5.41, 5.74) is 6.27. The lowest BCUT2D eigenvalue weighted by Crippen LogP contribution is -2.13. The second kappa shape index (κ2) is 5.46.